The SMILES string of the molecule is O=[N+]([O-])C1=NCN=C1[N+](=O)[O-]. The van der Waals surface area contributed by atoms with Crippen LogP contribution in [0, 0.1) is 20.2 Å². The van der Waals surface area contributed by atoms with Crippen molar-refractivity contribution in [1.29, 1.82) is 0 Å². The lowest BCUT2D eigenvalue weighted by atomic mass is 10.6. The summed E-state index contributed by atoms with van der Waals surface area (Å²) in [6.07, 6.45) is 0. The first-order valence-electron chi connectivity index (χ1n) is 2.51. The molecule has 1 aliphatic rings. The Morgan fingerprint density at radius 2 is 1.45 bits per heavy atom. The van der Waals surface area contributed by atoms with E-state index in [-0.39, 0.29) is 6.67 Å². The van der Waals surface area contributed by atoms with E-state index in [0.29, 0.717) is 0 Å². The molecule has 11 heavy (non-hydrogen) atoms. The molecule has 0 saturated carbocycles. The van der Waals surface area contributed by atoms with Crippen molar-refractivity contribution in [2.24, 2.45) is 9.98 Å². The first-order chi connectivity index (χ1) is 5.13. The van der Waals surface area contributed by atoms with Crippen molar-refractivity contribution >= 4 is 11.7 Å². The molecule has 0 N–H and O–H groups in total. The highest BCUT2D eigenvalue weighted by Gasteiger charge is 2.37. The molecule has 8 heteroatoms. The normalized spacial score (nSPS) is 15.6. The minimum Gasteiger partial charge on any atom is -0.358 e. The van der Waals surface area contributed by atoms with Gasteiger partial charge < -0.3 is 20.2 Å². The van der Waals surface area contributed by atoms with Gasteiger partial charge in [0, 0.05) is 0 Å². The molecule has 8 nitrogen and oxygen atoms in total. The van der Waals surface area contributed by atoms with Crippen molar-refractivity contribution in [3.05, 3.63) is 20.2 Å². The molecule has 58 valence electrons. The fourth-order valence-electron chi connectivity index (χ4n) is 0.590. The molecule has 0 amide bonds. The highest BCUT2D eigenvalue weighted by atomic mass is 16.6. The van der Waals surface area contributed by atoms with E-state index >= 15 is 0 Å². The molecule has 0 aromatic carbocycles. The minimum atomic E-state index is -0.922. The highest BCUT2D eigenvalue weighted by molar-refractivity contribution is 6.34. The predicted molar refractivity (Wildman–Crippen MR) is 33.7 cm³/mol. The number of aliphatic imine (C=N–C) groups is 2. The maximum atomic E-state index is 10.0. The van der Waals surface area contributed by atoms with Crippen molar-refractivity contribution in [3.8, 4) is 0 Å². The smallest absolute Gasteiger partial charge is 0.358 e. The molecule has 1 heterocycles. The zero-order valence-electron chi connectivity index (χ0n) is 5.13. The van der Waals surface area contributed by atoms with E-state index in [1.807, 2.05) is 0 Å². The average Bonchev–Trinajstić information content (AvgIpc) is 2.32. The van der Waals surface area contributed by atoms with Crippen LogP contribution in [0.4, 0.5) is 0 Å². The van der Waals surface area contributed by atoms with E-state index in [0.717, 1.165) is 0 Å². The van der Waals surface area contributed by atoms with Crippen molar-refractivity contribution < 1.29 is 9.85 Å². The lowest BCUT2D eigenvalue weighted by molar-refractivity contribution is -0.378. The lowest BCUT2D eigenvalue weighted by Crippen LogP contribution is -2.27. The fourth-order valence-corrected chi connectivity index (χ4v) is 0.590. The molecule has 0 unspecified atom stereocenters. The van der Waals surface area contributed by atoms with Gasteiger partial charge >= 0.3 is 18.3 Å². The first-order valence-corrected chi connectivity index (χ1v) is 2.51. The second kappa shape index (κ2) is 2.40. The quantitative estimate of drug-likeness (QED) is 0.343. The van der Waals surface area contributed by atoms with Gasteiger partial charge in [0.25, 0.3) is 0 Å². The molecular weight excluding hydrogens is 156 g/mol. The van der Waals surface area contributed by atoms with E-state index in [1.165, 1.54) is 0 Å². The van der Waals surface area contributed by atoms with Gasteiger partial charge in [-0.25, -0.2) is 0 Å². The van der Waals surface area contributed by atoms with E-state index in [1.54, 1.807) is 0 Å². The molecule has 0 spiro atoms. The molecule has 0 aliphatic carbocycles. The van der Waals surface area contributed by atoms with Gasteiger partial charge in [-0.1, -0.05) is 0 Å². The standard InChI is InChI=1S/C3H2N4O4/c8-6(9)2-3(7(10)11)5-1-4-2/h1H2. The Balaban J connectivity index is 2.93. The molecule has 0 aromatic rings. The van der Waals surface area contributed by atoms with Gasteiger partial charge in [-0.2, -0.15) is 0 Å². The summed E-state index contributed by atoms with van der Waals surface area (Å²) in [5.41, 5.74) is 0. The predicted octanol–water partition coefficient (Wildman–Crippen LogP) is -0.692. The van der Waals surface area contributed by atoms with Gasteiger partial charge in [-0.05, 0) is 19.8 Å². The van der Waals surface area contributed by atoms with Crippen LogP contribution in [-0.2, 0) is 0 Å². The summed E-state index contributed by atoms with van der Waals surface area (Å²) in [5.74, 6) is -1.54. The summed E-state index contributed by atoms with van der Waals surface area (Å²) in [4.78, 5) is 24.6. The van der Waals surface area contributed by atoms with Crippen LogP contribution in [0.5, 0.6) is 0 Å². The van der Waals surface area contributed by atoms with Crippen molar-refractivity contribution in [3.63, 3.8) is 0 Å². The molecule has 1 aliphatic heterocycles. The summed E-state index contributed by atoms with van der Waals surface area (Å²) < 4.78 is 0. The van der Waals surface area contributed by atoms with Gasteiger partial charge in [0.05, 0.1) is 0 Å². The summed E-state index contributed by atoms with van der Waals surface area (Å²) in [7, 11) is 0. The number of nitrogens with zero attached hydrogens (tertiary/aromatic N) is 4. The summed E-state index contributed by atoms with van der Waals surface area (Å²) in [5, 5.41) is 20.0. The molecule has 0 fully saturated rings. The monoisotopic (exact) mass is 158 g/mol. The van der Waals surface area contributed by atoms with E-state index in [9.17, 15) is 20.2 Å². The van der Waals surface area contributed by atoms with Crippen LogP contribution in [0.15, 0.2) is 9.98 Å². The summed E-state index contributed by atoms with van der Waals surface area (Å²) in [6, 6.07) is 0. The van der Waals surface area contributed by atoms with Gasteiger partial charge in [-0.15, -0.1) is 0 Å². The maximum Gasteiger partial charge on any atom is 0.461 e. The Morgan fingerprint density at radius 3 is 1.73 bits per heavy atom. The first kappa shape index (κ1) is 7.25. The van der Waals surface area contributed by atoms with Crippen LogP contribution in [0.2, 0.25) is 0 Å². The summed E-state index contributed by atoms with van der Waals surface area (Å²) in [6.45, 7) is -0.230. The second-order valence-corrected chi connectivity index (χ2v) is 1.62. The molecule has 0 aromatic heterocycles. The van der Waals surface area contributed by atoms with E-state index in [2.05, 4.69) is 9.98 Å². The molecule has 0 bridgehead atoms. The number of hydrogen-bond donors (Lipinski definition) is 0. The number of rotatable bonds is 0. The van der Waals surface area contributed by atoms with Gasteiger partial charge in [-0.3, -0.25) is 0 Å². The van der Waals surface area contributed by atoms with Gasteiger partial charge in [0.15, 0.2) is 0 Å². The Hall–Kier alpha value is -1.86. The zero-order valence-corrected chi connectivity index (χ0v) is 5.13. The summed E-state index contributed by atoms with van der Waals surface area (Å²) >= 11 is 0. The van der Waals surface area contributed by atoms with Crippen LogP contribution in [-0.4, -0.2) is 28.2 Å². The van der Waals surface area contributed by atoms with E-state index < -0.39 is 21.5 Å². The second-order valence-electron chi connectivity index (χ2n) is 1.62. The fraction of sp³-hybridized carbons (Fsp3) is 0.333. The Morgan fingerprint density at radius 1 is 1.09 bits per heavy atom. The van der Waals surface area contributed by atoms with Crippen LogP contribution < -0.4 is 0 Å². The van der Waals surface area contributed by atoms with Gasteiger partial charge in [0.1, 0.15) is 0 Å². The third-order valence-corrected chi connectivity index (χ3v) is 0.987. The van der Waals surface area contributed by atoms with Crippen LogP contribution in [0.1, 0.15) is 0 Å². The third kappa shape index (κ3) is 1.18. The number of hydrogen-bond acceptors (Lipinski definition) is 6. The van der Waals surface area contributed by atoms with Gasteiger partial charge in [0.2, 0.25) is 0 Å². The van der Waals surface area contributed by atoms with Crippen LogP contribution >= 0.6 is 0 Å². The Labute approximate surface area is 59.6 Å². The molecule has 0 radical (unpaired) electrons. The van der Waals surface area contributed by atoms with Crippen LogP contribution in [0.25, 0.3) is 0 Å². The Kier molecular flexibility index (Phi) is 1.58. The zero-order chi connectivity index (χ0) is 8.43. The number of nitro groups is 2. The Bertz CT molecular complexity index is 251. The third-order valence-electron chi connectivity index (χ3n) is 0.987. The largest absolute Gasteiger partial charge is 0.461 e. The lowest BCUT2D eigenvalue weighted by Gasteiger charge is -1.90. The maximum absolute atomic E-state index is 10.0. The minimum absolute atomic E-state index is 0.230. The number of amidine groups is 2. The molecular formula is C3H2N4O4. The van der Waals surface area contributed by atoms with Crippen molar-refractivity contribution in [2.75, 3.05) is 6.67 Å². The van der Waals surface area contributed by atoms with Crippen LogP contribution in [0.3, 0.4) is 0 Å². The average molecular weight is 158 g/mol. The molecule has 0 atom stereocenters. The molecule has 1 rings (SSSR count). The molecule has 0 saturated heterocycles. The van der Waals surface area contributed by atoms with E-state index in [4.69, 9.17) is 0 Å². The van der Waals surface area contributed by atoms with Crippen molar-refractivity contribution in [2.45, 2.75) is 0 Å². The topological polar surface area (TPSA) is 111 Å². The highest BCUT2D eigenvalue weighted by Crippen LogP contribution is 1.97. The van der Waals surface area contributed by atoms with Crippen molar-refractivity contribution in [1.82, 2.24) is 0 Å².